The molecule has 0 fully saturated rings. The Morgan fingerprint density at radius 1 is 0.973 bits per heavy atom. The molecule has 0 atom stereocenters. The van der Waals surface area contributed by atoms with Gasteiger partial charge in [-0.05, 0) is 50.1 Å². The van der Waals surface area contributed by atoms with Gasteiger partial charge < -0.3 is 19.6 Å². The molecule has 7 nitrogen and oxygen atoms in total. The van der Waals surface area contributed by atoms with Crippen LogP contribution in [0, 0.1) is 0 Å². The van der Waals surface area contributed by atoms with Gasteiger partial charge in [0.2, 0.25) is 5.88 Å². The van der Waals surface area contributed by atoms with Crippen molar-refractivity contribution < 1.29 is 19.1 Å². The number of pyridine rings is 2. The SMILES string of the molecule is CC(C)(C)OC(=O)NCc1ccc(-c2nc3c(-c4ccco4)cnc(O)c3cc2-c2ccccc2)cc1. The number of nitrogens with zero attached hydrogens (tertiary/aromatic N) is 2. The molecular formula is C30H27N3O4. The molecule has 3 aromatic heterocycles. The number of nitrogens with one attached hydrogen (secondary N) is 1. The van der Waals surface area contributed by atoms with Crippen molar-refractivity contribution in [1.82, 2.24) is 15.3 Å². The number of rotatable bonds is 5. The summed E-state index contributed by atoms with van der Waals surface area (Å²) in [6, 6.07) is 23.3. The predicted octanol–water partition coefficient (Wildman–Crippen LogP) is 6.95. The topological polar surface area (TPSA) is 97.5 Å². The van der Waals surface area contributed by atoms with Crippen LogP contribution < -0.4 is 5.32 Å². The molecule has 0 spiro atoms. The normalized spacial score (nSPS) is 11.4. The number of furan rings is 1. The van der Waals surface area contributed by atoms with E-state index < -0.39 is 11.7 Å². The van der Waals surface area contributed by atoms with Gasteiger partial charge in [0.1, 0.15) is 11.4 Å². The highest BCUT2D eigenvalue weighted by Gasteiger charge is 2.19. The molecule has 0 saturated heterocycles. The Morgan fingerprint density at radius 3 is 2.41 bits per heavy atom. The first-order valence-electron chi connectivity index (χ1n) is 12.0. The highest BCUT2D eigenvalue weighted by atomic mass is 16.6. The van der Waals surface area contributed by atoms with Crippen LogP contribution in [0.1, 0.15) is 26.3 Å². The van der Waals surface area contributed by atoms with Crippen LogP contribution in [-0.2, 0) is 11.3 Å². The molecule has 3 heterocycles. The Labute approximate surface area is 214 Å². The fraction of sp³-hybridized carbons (Fsp3) is 0.167. The minimum Gasteiger partial charge on any atom is -0.493 e. The van der Waals surface area contributed by atoms with Crippen molar-refractivity contribution >= 4 is 17.0 Å². The third kappa shape index (κ3) is 5.30. The van der Waals surface area contributed by atoms with Gasteiger partial charge in [0.25, 0.3) is 0 Å². The highest BCUT2D eigenvalue weighted by molar-refractivity contribution is 6.00. The summed E-state index contributed by atoms with van der Waals surface area (Å²) in [6.07, 6.45) is 2.70. The molecule has 0 radical (unpaired) electrons. The van der Waals surface area contributed by atoms with Crippen LogP contribution in [0.2, 0.25) is 0 Å². The minimum absolute atomic E-state index is 0.0925. The molecule has 2 aromatic carbocycles. The summed E-state index contributed by atoms with van der Waals surface area (Å²) < 4.78 is 10.9. The first kappa shape index (κ1) is 24.1. The minimum atomic E-state index is -0.554. The zero-order chi connectivity index (χ0) is 26.0. The second-order valence-corrected chi connectivity index (χ2v) is 9.67. The lowest BCUT2D eigenvalue weighted by molar-refractivity contribution is 0.0523. The summed E-state index contributed by atoms with van der Waals surface area (Å²) in [6.45, 7) is 5.83. The van der Waals surface area contributed by atoms with Gasteiger partial charge in [-0.25, -0.2) is 14.8 Å². The molecule has 2 N–H and O–H groups in total. The molecular weight excluding hydrogens is 466 g/mol. The van der Waals surface area contributed by atoms with E-state index in [2.05, 4.69) is 10.3 Å². The van der Waals surface area contributed by atoms with E-state index in [0.717, 1.165) is 27.9 Å². The smallest absolute Gasteiger partial charge is 0.407 e. The summed E-state index contributed by atoms with van der Waals surface area (Å²) in [7, 11) is 0. The number of hydrogen-bond acceptors (Lipinski definition) is 6. The van der Waals surface area contributed by atoms with Crippen molar-refractivity contribution in [2.45, 2.75) is 32.9 Å². The Bertz CT molecular complexity index is 1540. The first-order valence-corrected chi connectivity index (χ1v) is 12.0. The number of aromatic hydroxyl groups is 1. The Hall–Kier alpha value is -4.65. The van der Waals surface area contributed by atoms with E-state index in [9.17, 15) is 9.90 Å². The van der Waals surface area contributed by atoms with Gasteiger partial charge in [-0.1, -0.05) is 54.6 Å². The van der Waals surface area contributed by atoms with Crippen LogP contribution in [0.25, 0.3) is 44.6 Å². The van der Waals surface area contributed by atoms with Gasteiger partial charge in [0.05, 0.1) is 28.4 Å². The zero-order valence-corrected chi connectivity index (χ0v) is 20.9. The molecule has 186 valence electrons. The van der Waals surface area contributed by atoms with E-state index in [0.29, 0.717) is 28.8 Å². The van der Waals surface area contributed by atoms with Gasteiger partial charge in [-0.3, -0.25) is 0 Å². The molecule has 5 aromatic rings. The number of alkyl carbamates (subject to hydrolysis) is 1. The number of amides is 1. The van der Waals surface area contributed by atoms with E-state index in [1.165, 1.54) is 0 Å². The fourth-order valence-corrected chi connectivity index (χ4v) is 4.08. The number of carbonyl (C=O) groups is 1. The molecule has 0 aliphatic carbocycles. The Kier molecular flexibility index (Phi) is 6.36. The Balaban J connectivity index is 1.57. The summed E-state index contributed by atoms with van der Waals surface area (Å²) in [5, 5.41) is 13.9. The van der Waals surface area contributed by atoms with Crippen molar-refractivity contribution in [2.24, 2.45) is 0 Å². The third-order valence-electron chi connectivity index (χ3n) is 5.77. The standard InChI is InChI=1S/C30H27N3O4/c1-30(2,3)37-29(35)32-17-19-11-13-21(14-12-19)26-22(20-8-5-4-6-9-20)16-23-27(33-26)24(18-31-28(23)34)25-10-7-15-36-25/h4-16,18H,17H2,1-3H3,(H,31,34)(H,32,35). The lowest BCUT2D eigenvalue weighted by Gasteiger charge is -2.19. The summed E-state index contributed by atoms with van der Waals surface area (Å²) >= 11 is 0. The second kappa shape index (κ2) is 9.78. The van der Waals surface area contributed by atoms with Crippen molar-refractivity contribution in [3.63, 3.8) is 0 Å². The van der Waals surface area contributed by atoms with Crippen LogP contribution in [-0.4, -0.2) is 26.8 Å². The number of aromatic nitrogens is 2. The van der Waals surface area contributed by atoms with E-state index in [1.807, 2.05) is 87.5 Å². The molecule has 0 saturated carbocycles. The molecule has 5 rings (SSSR count). The van der Waals surface area contributed by atoms with Gasteiger partial charge >= 0.3 is 6.09 Å². The summed E-state index contributed by atoms with van der Waals surface area (Å²) in [5.41, 5.74) is 5.13. The second-order valence-electron chi connectivity index (χ2n) is 9.67. The quantitative estimate of drug-likeness (QED) is 0.275. The molecule has 0 aliphatic rings. The molecule has 1 amide bonds. The number of benzene rings is 2. The van der Waals surface area contributed by atoms with Gasteiger partial charge in [0, 0.05) is 23.9 Å². The largest absolute Gasteiger partial charge is 0.493 e. The molecule has 37 heavy (non-hydrogen) atoms. The van der Waals surface area contributed by atoms with Crippen molar-refractivity contribution in [3.05, 3.63) is 90.8 Å². The Morgan fingerprint density at radius 2 is 1.73 bits per heavy atom. The van der Waals surface area contributed by atoms with E-state index >= 15 is 0 Å². The molecule has 0 bridgehead atoms. The van der Waals surface area contributed by atoms with E-state index in [1.54, 1.807) is 18.5 Å². The average Bonchev–Trinajstić information content (AvgIpc) is 3.42. The predicted molar refractivity (Wildman–Crippen MR) is 143 cm³/mol. The number of ether oxygens (including phenoxy) is 1. The first-order chi connectivity index (χ1) is 17.8. The summed E-state index contributed by atoms with van der Waals surface area (Å²) in [5.74, 6) is 0.525. The monoisotopic (exact) mass is 493 g/mol. The summed E-state index contributed by atoms with van der Waals surface area (Å²) in [4.78, 5) is 21.2. The van der Waals surface area contributed by atoms with E-state index in [4.69, 9.17) is 14.1 Å². The highest BCUT2D eigenvalue weighted by Crippen LogP contribution is 2.38. The number of fused-ring (bicyclic) bond motifs is 1. The maximum absolute atomic E-state index is 12.0. The number of hydrogen-bond donors (Lipinski definition) is 2. The maximum Gasteiger partial charge on any atom is 0.407 e. The maximum atomic E-state index is 12.0. The molecule has 7 heteroatoms. The number of carbonyl (C=O) groups excluding carboxylic acids is 1. The lowest BCUT2D eigenvalue weighted by Crippen LogP contribution is -2.32. The van der Waals surface area contributed by atoms with E-state index in [-0.39, 0.29) is 5.88 Å². The van der Waals surface area contributed by atoms with Crippen LogP contribution in [0.4, 0.5) is 4.79 Å². The van der Waals surface area contributed by atoms with Crippen LogP contribution in [0.3, 0.4) is 0 Å². The van der Waals surface area contributed by atoms with Crippen molar-refractivity contribution in [1.29, 1.82) is 0 Å². The van der Waals surface area contributed by atoms with Crippen molar-refractivity contribution in [3.8, 4) is 39.6 Å². The zero-order valence-electron chi connectivity index (χ0n) is 20.9. The molecule has 0 aliphatic heterocycles. The van der Waals surface area contributed by atoms with Crippen molar-refractivity contribution in [2.75, 3.05) is 0 Å². The fourth-order valence-electron chi connectivity index (χ4n) is 4.08. The average molecular weight is 494 g/mol. The van der Waals surface area contributed by atoms with Crippen LogP contribution >= 0.6 is 0 Å². The van der Waals surface area contributed by atoms with Gasteiger partial charge in [-0.2, -0.15) is 0 Å². The lowest BCUT2D eigenvalue weighted by atomic mass is 9.96. The third-order valence-corrected chi connectivity index (χ3v) is 5.77. The molecule has 0 unspecified atom stereocenters. The van der Waals surface area contributed by atoms with Gasteiger partial charge in [-0.15, -0.1) is 0 Å². The van der Waals surface area contributed by atoms with Crippen LogP contribution in [0.15, 0.2) is 89.7 Å². The van der Waals surface area contributed by atoms with Crippen LogP contribution in [0.5, 0.6) is 5.88 Å². The van der Waals surface area contributed by atoms with Gasteiger partial charge in [0.15, 0.2) is 0 Å².